The first-order valence-electron chi connectivity index (χ1n) is 11.4. The average Bonchev–Trinajstić information content (AvgIpc) is 2.92. The van der Waals surface area contributed by atoms with Gasteiger partial charge in [-0.05, 0) is 35.9 Å². The van der Waals surface area contributed by atoms with Gasteiger partial charge in [0, 0.05) is 17.2 Å². The highest BCUT2D eigenvalue weighted by molar-refractivity contribution is 6.32. The van der Waals surface area contributed by atoms with Crippen LogP contribution in [0.4, 0.5) is 10.1 Å². The van der Waals surface area contributed by atoms with Gasteiger partial charge in [-0.2, -0.15) is 9.78 Å². The summed E-state index contributed by atoms with van der Waals surface area (Å²) >= 11 is 6.35. The number of halogens is 2. The van der Waals surface area contributed by atoms with Gasteiger partial charge in [0.1, 0.15) is 12.4 Å². The van der Waals surface area contributed by atoms with E-state index in [0.29, 0.717) is 27.9 Å². The van der Waals surface area contributed by atoms with Crippen LogP contribution in [0.1, 0.15) is 11.1 Å². The van der Waals surface area contributed by atoms with E-state index in [2.05, 4.69) is 10.1 Å². The summed E-state index contributed by atoms with van der Waals surface area (Å²) in [5, 5.41) is 16.5. The van der Waals surface area contributed by atoms with Crippen LogP contribution in [0.2, 0.25) is 5.02 Å². The molecule has 10 heteroatoms. The SMILES string of the molecule is O=c1c2ccccc2nc(-c2ccccc2)n1N=Cc1cc(Cl)c(OCc2cccc(F)c2)c([N+](=O)[O-])c1. The molecule has 0 spiro atoms. The lowest BCUT2D eigenvalue weighted by atomic mass is 10.2. The van der Waals surface area contributed by atoms with E-state index in [1.54, 1.807) is 42.5 Å². The van der Waals surface area contributed by atoms with E-state index in [9.17, 15) is 19.3 Å². The molecule has 0 saturated carbocycles. The van der Waals surface area contributed by atoms with Crippen molar-refractivity contribution >= 4 is 34.4 Å². The molecule has 0 radical (unpaired) electrons. The van der Waals surface area contributed by atoms with E-state index in [0.717, 1.165) is 4.68 Å². The highest BCUT2D eigenvalue weighted by Crippen LogP contribution is 2.36. The molecule has 0 unspecified atom stereocenters. The third-order valence-corrected chi connectivity index (χ3v) is 5.90. The van der Waals surface area contributed by atoms with Crippen LogP contribution >= 0.6 is 11.6 Å². The van der Waals surface area contributed by atoms with Gasteiger partial charge >= 0.3 is 5.69 Å². The van der Waals surface area contributed by atoms with Crippen LogP contribution in [-0.2, 0) is 6.61 Å². The van der Waals surface area contributed by atoms with E-state index in [4.69, 9.17) is 16.3 Å². The second-order valence-corrected chi connectivity index (χ2v) is 8.61. The average molecular weight is 529 g/mol. The Morgan fingerprint density at radius 3 is 2.55 bits per heavy atom. The molecule has 0 saturated heterocycles. The first-order valence-corrected chi connectivity index (χ1v) is 11.8. The maximum Gasteiger partial charge on any atom is 0.313 e. The third kappa shape index (κ3) is 5.14. The van der Waals surface area contributed by atoms with Gasteiger partial charge in [0.25, 0.3) is 5.56 Å². The molecule has 1 aromatic heterocycles. The minimum absolute atomic E-state index is 0.0377. The third-order valence-electron chi connectivity index (χ3n) is 5.62. The number of hydrogen-bond donors (Lipinski definition) is 0. The molecule has 0 aliphatic heterocycles. The topological polar surface area (TPSA) is 99.6 Å². The number of rotatable bonds is 7. The molecule has 0 aliphatic carbocycles. The summed E-state index contributed by atoms with van der Waals surface area (Å²) in [7, 11) is 0. The number of hydrogen-bond acceptors (Lipinski definition) is 6. The minimum atomic E-state index is -0.636. The number of nitrogens with zero attached hydrogens (tertiary/aromatic N) is 4. The van der Waals surface area contributed by atoms with Crippen molar-refractivity contribution in [2.75, 3.05) is 0 Å². The van der Waals surface area contributed by atoms with Crippen LogP contribution in [0.3, 0.4) is 0 Å². The molecule has 0 fully saturated rings. The molecule has 4 aromatic carbocycles. The summed E-state index contributed by atoms with van der Waals surface area (Å²) in [6.07, 6.45) is 1.29. The molecule has 5 aromatic rings. The maximum atomic E-state index is 13.5. The largest absolute Gasteiger partial charge is 0.481 e. The van der Waals surface area contributed by atoms with Crippen LogP contribution in [0.5, 0.6) is 5.75 Å². The Hall–Kier alpha value is -4.89. The van der Waals surface area contributed by atoms with Gasteiger partial charge in [0.2, 0.25) is 5.75 Å². The van der Waals surface area contributed by atoms with Crippen molar-refractivity contribution in [2.45, 2.75) is 6.61 Å². The van der Waals surface area contributed by atoms with Crippen molar-refractivity contribution in [1.82, 2.24) is 9.66 Å². The molecule has 8 nitrogen and oxygen atoms in total. The first-order chi connectivity index (χ1) is 18.4. The molecular formula is C28H18ClFN4O4. The number of fused-ring (bicyclic) bond motifs is 1. The maximum absolute atomic E-state index is 13.5. The van der Waals surface area contributed by atoms with Crippen molar-refractivity contribution in [1.29, 1.82) is 0 Å². The Bertz CT molecular complexity index is 1760. The molecule has 5 rings (SSSR count). The normalized spacial score (nSPS) is 11.2. The smallest absolute Gasteiger partial charge is 0.313 e. The summed E-state index contributed by atoms with van der Waals surface area (Å²) in [6.45, 7) is -0.121. The number of nitro benzene ring substituents is 1. The Balaban J connectivity index is 1.55. The Kier molecular flexibility index (Phi) is 6.92. The van der Waals surface area contributed by atoms with Gasteiger partial charge in [-0.1, -0.05) is 66.2 Å². The number of benzene rings is 4. The summed E-state index contributed by atoms with van der Waals surface area (Å²) in [4.78, 5) is 29.1. The lowest BCUT2D eigenvalue weighted by Gasteiger charge is -2.11. The lowest BCUT2D eigenvalue weighted by molar-refractivity contribution is -0.385. The molecule has 0 atom stereocenters. The lowest BCUT2D eigenvalue weighted by Crippen LogP contribution is -2.20. The van der Waals surface area contributed by atoms with Gasteiger partial charge in [-0.15, -0.1) is 0 Å². The molecule has 1 heterocycles. The molecule has 0 N–H and O–H groups in total. The first kappa shape index (κ1) is 24.8. The Morgan fingerprint density at radius 1 is 1.03 bits per heavy atom. The van der Waals surface area contributed by atoms with E-state index in [-0.39, 0.29) is 22.9 Å². The molecule has 0 aliphatic rings. The molecule has 188 valence electrons. The summed E-state index contributed by atoms with van der Waals surface area (Å²) in [5.41, 5.74) is 1.12. The molecule has 0 bridgehead atoms. The Morgan fingerprint density at radius 2 is 1.79 bits per heavy atom. The van der Waals surface area contributed by atoms with Crippen LogP contribution in [0.25, 0.3) is 22.3 Å². The monoisotopic (exact) mass is 528 g/mol. The summed E-state index contributed by atoms with van der Waals surface area (Å²) in [6, 6.07) is 24.3. The molecule has 38 heavy (non-hydrogen) atoms. The van der Waals surface area contributed by atoms with Crippen molar-refractivity contribution in [2.24, 2.45) is 5.10 Å². The van der Waals surface area contributed by atoms with E-state index >= 15 is 0 Å². The Labute approximate surface area is 220 Å². The fraction of sp³-hybridized carbons (Fsp3) is 0.0357. The van der Waals surface area contributed by atoms with Crippen molar-refractivity contribution in [3.63, 3.8) is 0 Å². The van der Waals surface area contributed by atoms with E-state index < -0.39 is 22.0 Å². The van der Waals surface area contributed by atoms with Crippen molar-refractivity contribution < 1.29 is 14.1 Å². The minimum Gasteiger partial charge on any atom is -0.481 e. The number of nitro groups is 1. The highest BCUT2D eigenvalue weighted by atomic mass is 35.5. The quantitative estimate of drug-likeness (QED) is 0.142. The molecular weight excluding hydrogens is 511 g/mol. The number of ether oxygens (including phenoxy) is 1. The van der Waals surface area contributed by atoms with E-state index in [1.807, 2.05) is 18.2 Å². The van der Waals surface area contributed by atoms with Crippen LogP contribution in [-0.4, -0.2) is 20.8 Å². The second kappa shape index (κ2) is 10.6. The van der Waals surface area contributed by atoms with Gasteiger partial charge in [0.05, 0.1) is 27.1 Å². The fourth-order valence-corrected chi connectivity index (χ4v) is 4.14. The van der Waals surface area contributed by atoms with Crippen LogP contribution < -0.4 is 10.3 Å². The van der Waals surface area contributed by atoms with Gasteiger partial charge in [-0.25, -0.2) is 9.37 Å². The zero-order chi connectivity index (χ0) is 26.6. The van der Waals surface area contributed by atoms with Gasteiger partial charge in [0.15, 0.2) is 5.82 Å². The summed E-state index contributed by atoms with van der Waals surface area (Å²) < 4.78 is 20.2. The zero-order valence-corrected chi connectivity index (χ0v) is 20.4. The van der Waals surface area contributed by atoms with Crippen LogP contribution in [0.15, 0.2) is 101 Å². The molecule has 0 amide bonds. The van der Waals surface area contributed by atoms with Crippen molar-refractivity contribution in [3.05, 3.63) is 133 Å². The van der Waals surface area contributed by atoms with Gasteiger partial charge in [-0.3, -0.25) is 14.9 Å². The summed E-state index contributed by atoms with van der Waals surface area (Å²) in [5.74, 6) is -0.305. The predicted octanol–water partition coefficient (Wildman–Crippen LogP) is 6.23. The zero-order valence-electron chi connectivity index (χ0n) is 19.6. The number of aromatic nitrogens is 2. The van der Waals surface area contributed by atoms with Gasteiger partial charge < -0.3 is 4.74 Å². The van der Waals surface area contributed by atoms with E-state index in [1.165, 1.54) is 36.5 Å². The predicted molar refractivity (Wildman–Crippen MR) is 143 cm³/mol. The highest BCUT2D eigenvalue weighted by Gasteiger charge is 2.21. The number of para-hydroxylation sites is 1. The fourth-order valence-electron chi connectivity index (χ4n) is 3.86. The van der Waals surface area contributed by atoms with Crippen molar-refractivity contribution in [3.8, 4) is 17.1 Å². The second-order valence-electron chi connectivity index (χ2n) is 8.21. The standard InChI is InChI=1S/C28H18ClFN4O4/c29-23-14-19(15-25(34(36)37)26(23)38-17-18-7-6-10-21(30)13-18)16-31-33-27(20-8-2-1-3-9-20)32-24-12-5-4-11-22(24)28(33)35/h1-16H,17H2. The van der Waals surface area contributed by atoms with Crippen LogP contribution in [0, 0.1) is 15.9 Å².